The van der Waals surface area contributed by atoms with Crippen molar-refractivity contribution >= 4 is 29.5 Å². The third-order valence-electron chi connectivity index (χ3n) is 7.30. The van der Waals surface area contributed by atoms with Crippen molar-refractivity contribution in [2.45, 2.75) is 55.2 Å². The Morgan fingerprint density at radius 1 is 1.13 bits per heavy atom. The molecule has 8 heteroatoms. The number of nitrogens with zero attached hydrogens (tertiary/aromatic N) is 3. The normalized spacial score (nSPS) is 38.2. The van der Waals surface area contributed by atoms with Crippen LogP contribution in [-0.4, -0.2) is 92.4 Å². The van der Waals surface area contributed by atoms with Crippen molar-refractivity contribution in [2.75, 3.05) is 33.3 Å². The number of carbonyl (C=O) groups is 3. The number of rotatable bonds is 5. The fourth-order valence-corrected chi connectivity index (χ4v) is 7.89. The number of likely N-dealkylation sites (N-methyl/N-ethyl adjacent to an activating group) is 1. The number of fused-ring (bicyclic) bond motifs is 2. The van der Waals surface area contributed by atoms with Gasteiger partial charge in [-0.2, -0.15) is 0 Å². The van der Waals surface area contributed by atoms with Gasteiger partial charge >= 0.3 is 0 Å². The second-order valence-corrected chi connectivity index (χ2v) is 11.2. The Labute approximate surface area is 188 Å². The number of thioether (sulfide) groups is 1. The second-order valence-electron chi connectivity index (χ2n) is 9.44. The Balaban J connectivity index is 1.86. The fraction of sp³-hybridized carbons (Fsp3) is 0.696. The first-order valence-corrected chi connectivity index (χ1v) is 12.1. The zero-order valence-corrected chi connectivity index (χ0v) is 19.6. The molecule has 2 saturated heterocycles. The molecule has 0 saturated carbocycles. The molecule has 0 bridgehead atoms. The number of amides is 3. The predicted molar refractivity (Wildman–Crippen MR) is 120 cm³/mol. The highest BCUT2D eigenvalue weighted by atomic mass is 32.2. The fourth-order valence-electron chi connectivity index (χ4n) is 5.74. The molecule has 0 aliphatic carbocycles. The van der Waals surface area contributed by atoms with Crippen LogP contribution < -0.4 is 0 Å². The van der Waals surface area contributed by atoms with Crippen molar-refractivity contribution < 1.29 is 19.5 Å². The van der Waals surface area contributed by atoms with Crippen molar-refractivity contribution in [1.29, 1.82) is 0 Å². The average Bonchev–Trinajstić information content (AvgIpc) is 3.03. The summed E-state index contributed by atoms with van der Waals surface area (Å²) in [5.74, 6) is -1.51. The minimum absolute atomic E-state index is 0.0552. The van der Waals surface area contributed by atoms with Crippen LogP contribution in [0.5, 0.6) is 0 Å². The van der Waals surface area contributed by atoms with Crippen LogP contribution in [0.25, 0.3) is 0 Å². The smallest absolute Gasteiger partial charge is 0.247 e. The van der Waals surface area contributed by atoms with Crippen LogP contribution in [0.1, 0.15) is 33.6 Å². The van der Waals surface area contributed by atoms with Crippen molar-refractivity contribution in [3.8, 4) is 0 Å². The van der Waals surface area contributed by atoms with Crippen molar-refractivity contribution in [1.82, 2.24) is 14.7 Å². The largest absolute Gasteiger partial charge is 0.394 e. The first-order chi connectivity index (χ1) is 14.7. The van der Waals surface area contributed by atoms with Gasteiger partial charge in [0.05, 0.1) is 29.2 Å². The summed E-state index contributed by atoms with van der Waals surface area (Å²) in [6.07, 6.45) is 9.94. The molecular weight excluding hydrogens is 414 g/mol. The lowest BCUT2D eigenvalue weighted by atomic mass is 9.74. The summed E-state index contributed by atoms with van der Waals surface area (Å²) in [5.41, 5.74) is 0. The van der Waals surface area contributed by atoms with E-state index in [1.54, 1.807) is 35.5 Å². The summed E-state index contributed by atoms with van der Waals surface area (Å²) < 4.78 is -1.39. The first kappa shape index (κ1) is 22.4. The predicted octanol–water partition coefficient (Wildman–Crippen LogP) is 1.28. The molecule has 2 fully saturated rings. The molecule has 170 valence electrons. The maximum atomic E-state index is 13.9. The molecule has 0 aromatic heterocycles. The highest BCUT2D eigenvalue weighted by Crippen LogP contribution is 2.65. The molecule has 31 heavy (non-hydrogen) atoms. The van der Waals surface area contributed by atoms with E-state index >= 15 is 0 Å². The number of hydrogen-bond donors (Lipinski definition) is 1. The lowest BCUT2D eigenvalue weighted by molar-refractivity contribution is -0.146. The van der Waals surface area contributed by atoms with Crippen LogP contribution in [0.15, 0.2) is 24.3 Å². The molecule has 0 aromatic rings. The molecule has 6 atom stereocenters. The summed E-state index contributed by atoms with van der Waals surface area (Å²) in [6, 6.07) is -1.22. The van der Waals surface area contributed by atoms with Gasteiger partial charge in [-0.1, -0.05) is 37.6 Å². The Morgan fingerprint density at radius 3 is 2.52 bits per heavy atom. The molecule has 1 N–H and O–H groups in total. The van der Waals surface area contributed by atoms with E-state index in [1.807, 2.05) is 30.1 Å². The Kier molecular flexibility index (Phi) is 5.75. The number of aliphatic hydroxyl groups excluding tert-OH is 1. The van der Waals surface area contributed by atoms with E-state index in [4.69, 9.17) is 0 Å². The van der Waals surface area contributed by atoms with Gasteiger partial charge in [0.1, 0.15) is 6.04 Å². The summed E-state index contributed by atoms with van der Waals surface area (Å²) in [4.78, 5) is 46.3. The molecule has 3 amide bonds. The number of carbonyl (C=O) groups excluding carboxylic acids is 3. The van der Waals surface area contributed by atoms with E-state index in [9.17, 15) is 19.5 Å². The van der Waals surface area contributed by atoms with Crippen LogP contribution >= 0.6 is 11.8 Å². The third-order valence-corrected chi connectivity index (χ3v) is 9.10. The number of hydrogen-bond acceptors (Lipinski definition) is 5. The number of likely N-dealkylation sites (tertiary alicyclic amines) is 1. The molecule has 4 rings (SSSR count). The molecule has 0 radical (unpaired) electrons. The maximum absolute atomic E-state index is 13.9. The summed E-state index contributed by atoms with van der Waals surface area (Å²) in [6.45, 7) is 7.31. The van der Waals surface area contributed by atoms with Gasteiger partial charge in [0.15, 0.2) is 0 Å². The first-order valence-electron chi connectivity index (χ1n) is 11.2. The second kappa shape index (κ2) is 7.96. The standard InChI is InChI=1S/C23H33N3O4S/c1-5-6-12-25-13-8-10-23-17(20(29)26(15(2)14-27)18(23)21(25)30)16-19(28)24(4)11-7-9-22(16,3)31-23/h7-10,15-18,27H,5-6,11-14H2,1-4H3/t15-,16-,17+,18?,22+,23+/m1/s1. The number of aliphatic hydroxyl groups is 1. The van der Waals surface area contributed by atoms with Gasteiger partial charge < -0.3 is 19.8 Å². The molecule has 7 nitrogen and oxygen atoms in total. The van der Waals surface area contributed by atoms with Gasteiger partial charge in [0.25, 0.3) is 0 Å². The van der Waals surface area contributed by atoms with Gasteiger partial charge in [0.2, 0.25) is 17.7 Å². The Hall–Kier alpha value is -1.80. The Bertz CT molecular complexity index is 845. The molecule has 4 aliphatic heterocycles. The van der Waals surface area contributed by atoms with E-state index < -0.39 is 33.4 Å². The molecule has 4 heterocycles. The summed E-state index contributed by atoms with van der Waals surface area (Å²) in [7, 11) is 1.76. The van der Waals surface area contributed by atoms with Crippen molar-refractivity contribution in [3.05, 3.63) is 24.3 Å². The molecule has 0 aromatic carbocycles. The zero-order chi connectivity index (χ0) is 22.6. The third kappa shape index (κ3) is 3.17. The van der Waals surface area contributed by atoms with Crippen LogP contribution in [0.2, 0.25) is 0 Å². The highest BCUT2D eigenvalue weighted by molar-refractivity contribution is 8.02. The van der Waals surface area contributed by atoms with Crippen LogP contribution in [0.4, 0.5) is 0 Å². The van der Waals surface area contributed by atoms with E-state index in [-0.39, 0.29) is 24.3 Å². The molecular formula is C23H33N3O4S. The lowest BCUT2D eigenvalue weighted by Gasteiger charge is -2.38. The van der Waals surface area contributed by atoms with Crippen LogP contribution in [0, 0.1) is 11.8 Å². The molecule has 4 aliphatic rings. The monoisotopic (exact) mass is 447 g/mol. The molecule has 1 spiro atoms. The van der Waals surface area contributed by atoms with E-state index in [1.165, 1.54) is 0 Å². The summed E-state index contributed by atoms with van der Waals surface area (Å²) in [5, 5.41) is 9.92. The van der Waals surface area contributed by atoms with Gasteiger partial charge in [0, 0.05) is 31.4 Å². The minimum atomic E-state index is -0.823. The minimum Gasteiger partial charge on any atom is -0.394 e. The van der Waals surface area contributed by atoms with Crippen molar-refractivity contribution in [3.63, 3.8) is 0 Å². The Morgan fingerprint density at radius 2 is 1.84 bits per heavy atom. The van der Waals surface area contributed by atoms with Gasteiger partial charge in [-0.25, -0.2) is 0 Å². The SMILES string of the molecule is CCCCN1CC=C[C@]23S[C@@]4(C)C=CCN(C)C(=O)[C@H]4[C@H]2C(=O)N([C@H](C)CO)C3C1=O. The van der Waals surface area contributed by atoms with E-state index in [0.29, 0.717) is 19.6 Å². The maximum Gasteiger partial charge on any atom is 0.247 e. The quantitative estimate of drug-likeness (QED) is 0.642. The topological polar surface area (TPSA) is 81.2 Å². The van der Waals surface area contributed by atoms with E-state index in [0.717, 1.165) is 12.8 Å². The average molecular weight is 448 g/mol. The van der Waals surface area contributed by atoms with Gasteiger partial charge in [-0.05, 0) is 20.3 Å². The van der Waals surface area contributed by atoms with E-state index in [2.05, 4.69) is 13.0 Å². The number of unbranched alkanes of at least 4 members (excludes halogenated alkanes) is 1. The van der Waals surface area contributed by atoms with Gasteiger partial charge in [-0.3, -0.25) is 14.4 Å². The van der Waals surface area contributed by atoms with Crippen molar-refractivity contribution in [2.24, 2.45) is 11.8 Å². The van der Waals surface area contributed by atoms with Crippen LogP contribution in [-0.2, 0) is 14.4 Å². The lowest BCUT2D eigenvalue weighted by Crippen LogP contribution is -2.56. The molecule has 1 unspecified atom stereocenters. The zero-order valence-electron chi connectivity index (χ0n) is 18.8. The summed E-state index contributed by atoms with van der Waals surface area (Å²) >= 11 is 1.58. The van der Waals surface area contributed by atoms with Gasteiger partial charge in [-0.15, -0.1) is 11.8 Å². The van der Waals surface area contributed by atoms with Crippen LogP contribution in [0.3, 0.4) is 0 Å². The highest BCUT2D eigenvalue weighted by Gasteiger charge is 2.74.